The molecule has 8 nitrogen and oxygen atoms in total. The molecule has 0 aromatic heterocycles. The molecule has 2 aromatic carbocycles. The van der Waals surface area contributed by atoms with Gasteiger partial charge in [0.05, 0.1) is 24.1 Å². The van der Waals surface area contributed by atoms with Crippen molar-refractivity contribution in [3.63, 3.8) is 0 Å². The smallest absolute Gasteiger partial charge is 0.427 e. The minimum Gasteiger partial charge on any atom is -0.452 e. The molecule has 142 valence electrons. The second kappa shape index (κ2) is 8.56. The Morgan fingerprint density at radius 1 is 1.11 bits per heavy atom. The average molecular weight is 389 g/mol. The molecule has 0 radical (unpaired) electrons. The van der Waals surface area contributed by atoms with Gasteiger partial charge in [-0.2, -0.15) is 5.10 Å². The van der Waals surface area contributed by atoms with E-state index in [1.54, 1.807) is 12.1 Å². The zero-order chi connectivity index (χ0) is 20.0. The number of amides is 1. The first-order chi connectivity index (χ1) is 12.7. The minimum atomic E-state index is -4.06. The lowest BCUT2D eigenvalue weighted by molar-refractivity contribution is 0.0997. The van der Waals surface area contributed by atoms with E-state index in [1.165, 1.54) is 31.4 Å². The van der Waals surface area contributed by atoms with Crippen LogP contribution in [0.1, 0.15) is 27.9 Å². The Bertz CT molecular complexity index is 982. The van der Waals surface area contributed by atoms with Crippen molar-refractivity contribution < 1.29 is 22.7 Å². The molecule has 2 aromatic rings. The van der Waals surface area contributed by atoms with Crippen LogP contribution in [0.4, 0.5) is 4.79 Å². The van der Waals surface area contributed by atoms with Crippen molar-refractivity contribution in [2.24, 2.45) is 10.2 Å². The second-order valence-corrected chi connectivity index (χ2v) is 7.20. The van der Waals surface area contributed by atoms with E-state index in [9.17, 15) is 18.0 Å². The van der Waals surface area contributed by atoms with Gasteiger partial charge in [0.15, 0.2) is 5.78 Å². The number of nitrogens with two attached hydrogens (primary N) is 1. The number of nitrogens with zero attached hydrogens (tertiary/aromatic N) is 1. The Morgan fingerprint density at radius 3 is 2.33 bits per heavy atom. The van der Waals surface area contributed by atoms with E-state index in [1.807, 2.05) is 19.1 Å². The topological polar surface area (TPSA) is 128 Å². The van der Waals surface area contributed by atoms with Crippen molar-refractivity contribution in [2.75, 3.05) is 7.11 Å². The second-order valence-electron chi connectivity index (χ2n) is 5.67. The lowest BCUT2D eigenvalue weighted by Crippen LogP contribution is -2.22. The molecule has 27 heavy (non-hydrogen) atoms. The fourth-order valence-corrected chi connectivity index (χ4v) is 3.06. The number of hydrogen-bond acceptors (Lipinski definition) is 6. The Morgan fingerprint density at radius 2 is 1.74 bits per heavy atom. The molecule has 0 aliphatic rings. The molecule has 0 spiro atoms. The standard InChI is InChI=1S/C18H19N3O5S/c1-12-7-9-13(10-8-12)15(20-21-18(23)26-2)11-16(22)14-5-3-4-6-17(14)27(19,24)25/h3-10H,11H2,1-2H3,(H,21,23)(H2,19,24,25)/b20-15+. The Labute approximate surface area is 157 Å². The van der Waals surface area contributed by atoms with Crippen LogP contribution in [-0.4, -0.2) is 33.1 Å². The summed E-state index contributed by atoms with van der Waals surface area (Å²) >= 11 is 0. The number of ether oxygens (including phenoxy) is 1. The number of carbonyl (C=O) groups is 2. The van der Waals surface area contributed by atoms with E-state index in [0.717, 1.165) is 5.56 Å². The lowest BCUT2D eigenvalue weighted by Gasteiger charge is -2.10. The number of hydrogen-bond donors (Lipinski definition) is 2. The first kappa shape index (κ1) is 20.3. The van der Waals surface area contributed by atoms with Gasteiger partial charge >= 0.3 is 6.09 Å². The number of nitrogens with one attached hydrogen (secondary N) is 1. The highest BCUT2D eigenvalue weighted by atomic mass is 32.2. The van der Waals surface area contributed by atoms with Crippen LogP contribution < -0.4 is 10.6 Å². The number of hydrazone groups is 1. The van der Waals surface area contributed by atoms with Crippen molar-refractivity contribution in [3.05, 3.63) is 65.2 Å². The van der Waals surface area contributed by atoms with Gasteiger partial charge in [-0.1, -0.05) is 48.0 Å². The Balaban J connectivity index is 2.40. The van der Waals surface area contributed by atoms with Crippen LogP contribution in [0.3, 0.4) is 0 Å². The molecule has 0 fully saturated rings. The van der Waals surface area contributed by atoms with E-state index in [0.29, 0.717) is 5.56 Å². The summed E-state index contributed by atoms with van der Waals surface area (Å²) in [5.74, 6) is -0.509. The Kier molecular flexibility index (Phi) is 6.43. The molecular weight excluding hydrogens is 370 g/mol. The summed E-state index contributed by atoms with van der Waals surface area (Å²) in [5.41, 5.74) is 3.98. The highest BCUT2D eigenvalue weighted by Crippen LogP contribution is 2.17. The molecule has 1 amide bonds. The van der Waals surface area contributed by atoms with Gasteiger partial charge in [0.1, 0.15) is 0 Å². The maximum absolute atomic E-state index is 12.7. The largest absolute Gasteiger partial charge is 0.452 e. The van der Waals surface area contributed by atoms with Crippen molar-refractivity contribution in [1.82, 2.24) is 5.43 Å². The predicted octanol–water partition coefficient (Wildman–Crippen LogP) is 1.98. The molecule has 0 aliphatic carbocycles. The monoisotopic (exact) mass is 389 g/mol. The van der Waals surface area contributed by atoms with Crippen molar-refractivity contribution in [2.45, 2.75) is 18.2 Å². The number of benzene rings is 2. The van der Waals surface area contributed by atoms with Crippen LogP contribution in [0.5, 0.6) is 0 Å². The number of ketones is 1. The highest BCUT2D eigenvalue weighted by Gasteiger charge is 2.20. The molecule has 9 heteroatoms. The van der Waals surface area contributed by atoms with E-state index in [4.69, 9.17) is 5.14 Å². The summed E-state index contributed by atoms with van der Waals surface area (Å²) in [6, 6.07) is 12.8. The zero-order valence-corrected chi connectivity index (χ0v) is 15.6. The number of primary sulfonamides is 1. The molecule has 3 N–H and O–H groups in total. The van der Waals surface area contributed by atoms with E-state index in [2.05, 4.69) is 15.3 Å². The number of methoxy groups -OCH3 is 1. The Hall–Kier alpha value is -3.04. The fourth-order valence-electron chi connectivity index (χ4n) is 2.30. The van der Waals surface area contributed by atoms with Crippen molar-refractivity contribution in [3.8, 4) is 0 Å². The number of sulfonamides is 1. The van der Waals surface area contributed by atoms with Crippen LogP contribution in [0.2, 0.25) is 0 Å². The third kappa shape index (κ3) is 5.47. The van der Waals surface area contributed by atoms with Gasteiger partial charge in [-0.05, 0) is 18.6 Å². The lowest BCUT2D eigenvalue weighted by atomic mass is 10.00. The fraction of sp³-hybridized carbons (Fsp3) is 0.167. The molecule has 2 rings (SSSR count). The third-order valence-corrected chi connectivity index (χ3v) is 4.64. The summed E-state index contributed by atoms with van der Waals surface area (Å²) < 4.78 is 27.9. The van der Waals surface area contributed by atoms with Crippen LogP contribution in [-0.2, 0) is 14.8 Å². The first-order valence-corrected chi connectivity index (χ1v) is 9.39. The van der Waals surface area contributed by atoms with Crippen LogP contribution in [0.25, 0.3) is 0 Å². The molecule has 0 unspecified atom stereocenters. The summed E-state index contributed by atoms with van der Waals surface area (Å²) in [6.07, 6.45) is -1.04. The normalized spacial score (nSPS) is 11.7. The van der Waals surface area contributed by atoms with E-state index < -0.39 is 21.9 Å². The van der Waals surface area contributed by atoms with Gasteiger partial charge in [-0.3, -0.25) is 4.79 Å². The number of carbonyl (C=O) groups excluding carboxylic acids is 2. The number of Topliss-reactive ketones (excluding diaryl/α,β-unsaturated/α-hetero) is 1. The van der Waals surface area contributed by atoms with Crippen molar-refractivity contribution in [1.29, 1.82) is 0 Å². The van der Waals surface area contributed by atoms with Gasteiger partial charge in [0.25, 0.3) is 0 Å². The molecule has 0 heterocycles. The summed E-state index contributed by atoms with van der Waals surface area (Å²) in [6.45, 7) is 1.90. The van der Waals surface area contributed by atoms with E-state index in [-0.39, 0.29) is 22.6 Å². The average Bonchev–Trinajstić information content (AvgIpc) is 2.64. The maximum Gasteiger partial charge on any atom is 0.427 e. The third-order valence-electron chi connectivity index (χ3n) is 3.67. The minimum absolute atomic E-state index is 0.0436. The van der Waals surface area contributed by atoms with Gasteiger partial charge in [-0.25, -0.2) is 23.8 Å². The maximum atomic E-state index is 12.7. The van der Waals surface area contributed by atoms with Gasteiger partial charge in [-0.15, -0.1) is 0 Å². The first-order valence-electron chi connectivity index (χ1n) is 7.85. The van der Waals surface area contributed by atoms with E-state index >= 15 is 0 Å². The SMILES string of the molecule is COC(=O)N/N=C(\CC(=O)c1ccccc1S(N)(=O)=O)c1ccc(C)cc1. The van der Waals surface area contributed by atoms with Crippen LogP contribution in [0, 0.1) is 6.92 Å². The summed E-state index contributed by atoms with van der Waals surface area (Å²) in [5, 5.41) is 9.13. The predicted molar refractivity (Wildman–Crippen MR) is 100 cm³/mol. The van der Waals surface area contributed by atoms with Gasteiger partial charge < -0.3 is 4.74 Å². The summed E-state index contributed by atoms with van der Waals surface area (Å²) in [7, 11) is -2.88. The molecule has 0 saturated heterocycles. The number of aryl methyl sites for hydroxylation is 1. The summed E-state index contributed by atoms with van der Waals surface area (Å²) in [4.78, 5) is 23.8. The van der Waals surface area contributed by atoms with Crippen LogP contribution >= 0.6 is 0 Å². The molecule has 0 atom stereocenters. The quantitative estimate of drug-likeness (QED) is 0.443. The molecule has 0 aliphatic heterocycles. The highest BCUT2D eigenvalue weighted by molar-refractivity contribution is 7.89. The molecule has 0 saturated carbocycles. The number of rotatable bonds is 6. The zero-order valence-electron chi connectivity index (χ0n) is 14.8. The van der Waals surface area contributed by atoms with Crippen molar-refractivity contribution >= 4 is 27.6 Å². The van der Waals surface area contributed by atoms with Gasteiger partial charge in [0.2, 0.25) is 10.0 Å². The molecule has 0 bridgehead atoms. The molecular formula is C18H19N3O5S. The van der Waals surface area contributed by atoms with Gasteiger partial charge in [0, 0.05) is 5.56 Å². The van der Waals surface area contributed by atoms with Crippen LogP contribution in [0.15, 0.2) is 58.5 Å².